The predicted octanol–water partition coefficient (Wildman–Crippen LogP) is 4.45. The minimum absolute atomic E-state index is 0.0378. The molecule has 0 fully saturated rings. The molecule has 3 N–H and O–H groups in total. The number of likely N-dealkylation sites (N-methyl/N-ethyl adjacent to an activating group) is 2. The van der Waals surface area contributed by atoms with Gasteiger partial charge >= 0.3 is 0 Å². The Morgan fingerprint density at radius 1 is 1.25 bits per heavy atom. The van der Waals surface area contributed by atoms with Gasteiger partial charge in [-0.1, -0.05) is 11.6 Å². The largest absolute Gasteiger partial charge is 0.493 e. The van der Waals surface area contributed by atoms with Gasteiger partial charge in [-0.05, 0) is 59.4 Å². The molecule has 3 rings (SSSR count). The zero-order valence-corrected chi connectivity index (χ0v) is 21.7. The summed E-state index contributed by atoms with van der Waals surface area (Å²) in [5, 5.41) is 13.7. The number of primary amides is 1. The van der Waals surface area contributed by atoms with Crippen molar-refractivity contribution in [1.29, 1.82) is 5.26 Å². The number of hydrogen-bond donors (Lipinski definition) is 2. The molecule has 1 heterocycles. The van der Waals surface area contributed by atoms with Gasteiger partial charge in [-0.2, -0.15) is 5.26 Å². The number of nitrogens with zero attached hydrogens (tertiary/aromatic N) is 4. The molecule has 0 saturated heterocycles. The van der Waals surface area contributed by atoms with Crippen LogP contribution in [-0.4, -0.2) is 61.5 Å². The maximum absolute atomic E-state index is 13.7. The Labute approximate surface area is 215 Å². The fourth-order valence-electron chi connectivity index (χ4n) is 4.30. The van der Waals surface area contributed by atoms with Gasteiger partial charge in [0.05, 0.1) is 34.4 Å². The molecule has 8 nitrogen and oxygen atoms in total. The van der Waals surface area contributed by atoms with Crippen LogP contribution in [0.2, 0.25) is 5.02 Å². The molecular formula is C26H30ClFN6O2. The fraction of sp³-hybridized carbons (Fsp3) is 0.346. The Kier molecular flexibility index (Phi) is 8.69. The first-order valence-electron chi connectivity index (χ1n) is 11.4. The average molecular weight is 513 g/mol. The number of nitriles is 1. The Morgan fingerprint density at radius 2 is 1.97 bits per heavy atom. The number of aromatic nitrogens is 1. The summed E-state index contributed by atoms with van der Waals surface area (Å²) in [6, 6.07) is 9.63. The van der Waals surface area contributed by atoms with Crippen molar-refractivity contribution in [2.75, 3.05) is 40.1 Å². The van der Waals surface area contributed by atoms with Crippen molar-refractivity contribution in [3.8, 4) is 11.8 Å². The van der Waals surface area contributed by atoms with Gasteiger partial charge in [0.2, 0.25) is 5.91 Å². The van der Waals surface area contributed by atoms with Crippen molar-refractivity contribution in [1.82, 2.24) is 14.8 Å². The van der Waals surface area contributed by atoms with Crippen LogP contribution in [0.4, 0.5) is 15.8 Å². The minimum Gasteiger partial charge on any atom is -0.493 e. The van der Waals surface area contributed by atoms with Crippen LogP contribution in [0.5, 0.6) is 5.75 Å². The number of anilines is 2. The van der Waals surface area contributed by atoms with Crippen LogP contribution < -0.4 is 15.8 Å². The van der Waals surface area contributed by atoms with Crippen molar-refractivity contribution >= 4 is 39.8 Å². The zero-order chi connectivity index (χ0) is 26.6. The monoisotopic (exact) mass is 512 g/mol. The maximum atomic E-state index is 13.7. The highest BCUT2D eigenvalue weighted by Gasteiger charge is 2.31. The van der Waals surface area contributed by atoms with Crippen LogP contribution in [0.3, 0.4) is 0 Å². The second kappa shape index (κ2) is 11.5. The van der Waals surface area contributed by atoms with Crippen molar-refractivity contribution in [2.24, 2.45) is 5.73 Å². The Bertz CT molecular complexity index is 1310. The number of rotatable bonds is 10. The van der Waals surface area contributed by atoms with E-state index in [1.807, 2.05) is 57.0 Å². The molecule has 2 unspecified atom stereocenters. The maximum Gasteiger partial charge on any atom is 0.219 e. The third kappa shape index (κ3) is 5.85. The normalized spacial score (nSPS) is 13.0. The van der Waals surface area contributed by atoms with Gasteiger partial charge in [-0.3, -0.25) is 9.78 Å². The summed E-state index contributed by atoms with van der Waals surface area (Å²) in [6.07, 6.45) is 1.61. The molecule has 0 bridgehead atoms. The molecule has 2 atom stereocenters. The van der Waals surface area contributed by atoms with Gasteiger partial charge in [0.15, 0.2) is 0 Å². The van der Waals surface area contributed by atoms with Crippen molar-refractivity contribution < 1.29 is 13.9 Å². The number of ether oxygens (including phenoxy) is 1. The van der Waals surface area contributed by atoms with E-state index in [1.54, 1.807) is 6.07 Å². The van der Waals surface area contributed by atoms with E-state index < -0.39 is 11.7 Å². The van der Waals surface area contributed by atoms with E-state index >= 15 is 0 Å². The van der Waals surface area contributed by atoms with Gasteiger partial charge < -0.3 is 25.6 Å². The number of amides is 1. The lowest BCUT2D eigenvalue weighted by Gasteiger charge is -2.37. The summed E-state index contributed by atoms with van der Waals surface area (Å²) in [5.41, 5.74) is 8.34. The van der Waals surface area contributed by atoms with Crippen LogP contribution in [0.15, 0.2) is 36.5 Å². The molecule has 2 aromatic carbocycles. The minimum atomic E-state index is -0.538. The average Bonchev–Trinajstić information content (AvgIpc) is 2.81. The Morgan fingerprint density at radius 3 is 2.53 bits per heavy atom. The molecule has 36 heavy (non-hydrogen) atoms. The molecule has 10 heteroatoms. The molecular weight excluding hydrogens is 483 g/mol. The van der Waals surface area contributed by atoms with E-state index in [-0.39, 0.29) is 23.5 Å². The molecule has 3 aromatic rings. The smallest absolute Gasteiger partial charge is 0.219 e. The number of carbonyl (C=O) groups is 1. The first-order valence-corrected chi connectivity index (χ1v) is 11.8. The van der Waals surface area contributed by atoms with Gasteiger partial charge in [-0.25, -0.2) is 4.39 Å². The molecule has 0 spiro atoms. The number of fused-ring (bicyclic) bond motifs is 1. The third-order valence-electron chi connectivity index (χ3n) is 5.92. The van der Waals surface area contributed by atoms with E-state index in [1.165, 1.54) is 18.3 Å². The highest BCUT2D eigenvalue weighted by molar-refractivity contribution is 6.31. The standard InChI is InChI=1S/C26H30ClFN6O2/c1-6-36-23-11-21-17(10-18(23)26(34(4)5)22(33(2)3)12-24(30)35)25(15(13-29)14-31-21)32-16-7-8-20(28)19(27)9-16/h7-11,14,22,26H,6,12H2,1-5H3,(H2,30,35)(H,31,32). The highest BCUT2D eigenvalue weighted by Crippen LogP contribution is 2.39. The van der Waals surface area contributed by atoms with Crippen LogP contribution >= 0.6 is 11.6 Å². The molecule has 1 aromatic heterocycles. The molecule has 0 aliphatic heterocycles. The van der Waals surface area contributed by atoms with Crippen molar-refractivity contribution in [3.63, 3.8) is 0 Å². The summed E-state index contributed by atoms with van der Waals surface area (Å²) in [6.45, 7) is 2.32. The topological polar surface area (TPSA) is 108 Å². The zero-order valence-electron chi connectivity index (χ0n) is 21.0. The number of halogens is 2. The Hall–Kier alpha value is -3.45. The number of carbonyl (C=O) groups excluding carboxylic acids is 1. The lowest BCUT2D eigenvalue weighted by Crippen LogP contribution is -2.43. The highest BCUT2D eigenvalue weighted by atomic mass is 35.5. The summed E-state index contributed by atoms with van der Waals surface area (Å²) in [7, 11) is 7.63. The predicted molar refractivity (Wildman–Crippen MR) is 140 cm³/mol. The number of nitrogens with one attached hydrogen (secondary N) is 1. The fourth-order valence-corrected chi connectivity index (χ4v) is 4.48. The van der Waals surface area contributed by atoms with Crippen LogP contribution in [0, 0.1) is 17.1 Å². The second-order valence-electron chi connectivity index (χ2n) is 8.86. The number of nitrogens with two attached hydrogens (primary N) is 1. The van der Waals surface area contributed by atoms with E-state index in [9.17, 15) is 14.4 Å². The number of pyridine rings is 1. The summed E-state index contributed by atoms with van der Waals surface area (Å²) in [5.74, 6) is -0.333. The summed E-state index contributed by atoms with van der Waals surface area (Å²) >= 11 is 5.98. The Balaban J connectivity index is 2.29. The first-order chi connectivity index (χ1) is 17.1. The lowest BCUT2D eigenvalue weighted by molar-refractivity contribution is -0.119. The van der Waals surface area contributed by atoms with E-state index in [0.29, 0.717) is 40.2 Å². The number of benzene rings is 2. The van der Waals surface area contributed by atoms with E-state index in [0.717, 1.165) is 5.56 Å². The third-order valence-corrected chi connectivity index (χ3v) is 6.21. The van der Waals surface area contributed by atoms with Gasteiger partial charge in [-0.15, -0.1) is 0 Å². The van der Waals surface area contributed by atoms with Gasteiger partial charge in [0, 0.05) is 41.4 Å². The SMILES string of the molecule is CCOc1cc2ncc(C#N)c(Nc3ccc(F)c(Cl)c3)c2cc1C(C(CC(N)=O)N(C)C)N(C)C. The van der Waals surface area contributed by atoms with E-state index in [4.69, 9.17) is 22.1 Å². The van der Waals surface area contributed by atoms with Gasteiger partial charge in [0.1, 0.15) is 17.6 Å². The van der Waals surface area contributed by atoms with Crippen LogP contribution in [-0.2, 0) is 4.79 Å². The van der Waals surface area contributed by atoms with Crippen LogP contribution in [0.25, 0.3) is 10.9 Å². The van der Waals surface area contributed by atoms with Crippen molar-refractivity contribution in [2.45, 2.75) is 25.4 Å². The summed E-state index contributed by atoms with van der Waals surface area (Å²) in [4.78, 5) is 20.4. The summed E-state index contributed by atoms with van der Waals surface area (Å²) < 4.78 is 19.7. The number of hydrogen-bond acceptors (Lipinski definition) is 7. The first kappa shape index (κ1) is 27.1. The molecule has 0 aliphatic rings. The van der Waals surface area contributed by atoms with E-state index in [2.05, 4.69) is 16.4 Å². The van der Waals surface area contributed by atoms with Crippen molar-refractivity contribution in [3.05, 3.63) is 58.5 Å². The molecule has 1 amide bonds. The van der Waals surface area contributed by atoms with Gasteiger partial charge in [0.25, 0.3) is 0 Å². The molecule has 0 saturated carbocycles. The van der Waals surface area contributed by atoms with Crippen LogP contribution in [0.1, 0.15) is 30.5 Å². The second-order valence-corrected chi connectivity index (χ2v) is 9.27. The molecule has 0 radical (unpaired) electrons. The molecule has 0 aliphatic carbocycles. The lowest BCUT2D eigenvalue weighted by atomic mass is 9.92. The quantitative estimate of drug-likeness (QED) is 0.413. The molecule has 190 valence electrons.